The van der Waals surface area contributed by atoms with E-state index in [1.54, 1.807) is 17.6 Å². The fraction of sp³-hybridized carbons (Fsp3) is 0.192. The van der Waals surface area contributed by atoms with Gasteiger partial charge in [0.05, 0.1) is 23.1 Å². The lowest BCUT2D eigenvalue weighted by molar-refractivity contribution is 0.0705. The Morgan fingerprint density at radius 3 is 2.56 bits per heavy atom. The fourth-order valence-electron chi connectivity index (χ4n) is 4.14. The number of methoxy groups -OCH3 is 1. The van der Waals surface area contributed by atoms with Crippen molar-refractivity contribution in [3.8, 4) is 18.1 Å². The van der Waals surface area contributed by atoms with Gasteiger partial charge in [0.2, 0.25) is 5.95 Å². The first kappa shape index (κ1) is 26.0. The summed E-state index contributed by atoms with van der Waals surface area (Å²) in [6.07, 6.45) is 9.67. The summed E-state index contributed by atoms with van der Waals surface area (Å²) >= 11 is 0. The average molecular weight is 545 g/mol. The molecule has 1 aliphatic heterocycles. The van der Waals surface area contributed by atoms with E-state index in [0.717, 1.165) is 11.3 Å². The molecule has 1 aliphatic rings. The van der Waals surface area contributed by atoms with Crippen molar-refractivity contribution < 1.29 is 18.9 Å². The van der Waals surface area contributed by atoms with Crippen molar-refractivity contribution in [1.82, 2.24) is 29.7 Å². The molecule has 2 aromatic heterocycles. The first-order valence-corrected chi connectivity index (χ1v) is 13.0. The molecule has 5 rings (SSSR count). The van der Waals surface area contributed by atoms with E-state index < -0.39 is 16.9 Å². The Kier molecular flexibility index (Phi) is 7.60. The van der Waals surface area contributed by atoms with Gasteiger partial charge in [0, 0.05) is 61.3 Å². The predicted octanol–water partition coefficient (Wildman–Crippen LogP) is 2.12. The number of fused-ring (bicyclic) bond motifs is 1. The van der Waals surface area contributed by atoms with Crippen molar-refractivity contribution in [2.45, 2.75) is 4.90 Å². The smallest absolute Gasteiger partial charge is 0.277 e. The minimum atomic E-state index is -1.53. The largest absolute Gasteiger partial charge is 0.495 e. The quantitative estimate of drug-likeness (QED) is 0.180. The van der Waals surface area contributed by atoms with E-state index in [2.05, 4.69) is 31.2 Å². The Labute approximate surface area is 226 Å². The monoisotopic (exact) mass is 544 g/mol. The van der Waals surface area contributed by atoms with Gasteiger partial charge >= 0.3 is 0 Å². The van der Waals surface area contributed by atoms with Crippen molar-refractivity contribution in [3.63, 3.8) is 0 Å². The third-order valence-corrected chi connectivity index (χ3v) is 7.69. The number of piperazine rings is 1. The SMILES string of the molecule is C#Cc1cccc(Nc2ncnc3cc(OC)c(S(=O)N4CCN(c5ncc(C(=O)NO)cn5)CC4)cc23)c1. The molecule has 1 saturated heterocycles. The summed E-state index contributed by atoms with van der Waals surface area (Å²) in [7, 11) is 0.00197. The van der Waals surface area contributed by atoms with Gasteiger partial charge in [0.25, 0.3) is 5.91 Å². The summed E-state index contributed by atoms with van der Waals surface area (Å²) in [4.78, 5) is 31.1. The predicted molar refractivity (Wildman–Crippen MR) is 145 cm³/mol. The summed E-state index contributed by atoms with van der Waals surface area (Å²) in [6.45, 7) is 2.00. The Balaban J connectivity index is 1.36. The van der Waals surface area contributed by atoms with Gasteiger partial charge in [-0.1, -0.05) is 12.0 Å². The van der Waals surface area contributed by atoms with Crippen LogP contribution in [0.3, 0.4) is 0 Å². The second-order valence-electron chi connectivity index (χ2n) is 8.47. The van der Waals surface area contributed by atoms with Gasteiger partial charge in [-0.25, -0.2) is 33.9 Å². The topological polar surface area (TPSA) is 146 Å². The van der Waals surface area contributed by atoms with Crippen LogP contribution < -0.4 is 20.4 Å². The molecule has 0 spiro atoms. The number of anilines is 3. The fourth-order valence-corrected chi connectivity index (χ4v) is 5.45. The van der Waals surface area contributed by atoms with Crippen LogP contribution in [0.5, 0.6) is 5.75 Å². The van der Waals surface area contributed by atoms with E-state index in [0.29, 0.717) is 59.5 Å². The van der Waals surface area contributed by atoms with E-state index in [1.165, 1.54) is 25.8 Å². The van der Waals surface area contributed by atoms with Crippen LogP contribution in [0.25, 0.3) is 10.9 Å². The van der Waals surface area contributed by atoms with Gasteiger partial charge in [-0.15, -0.1) is 6.42 Å². The van der Waals surface area contributed by atoms with E-state index in [1.807, 2.05) is 33.5 Å². The third kappa shape index (κ3) is 5.48. The molecule has 0 saturated carbocycles. The number of benzene rings is 2. The Hall–Kier alpha value is -4.64. The highest BCUT2D eigenvalue weighted by Crippen LogP contribution is 2.33. The molecule has 12 nitrogen and oxygen atoms in total. The lowest BCUT2D eigenvalue weighted by Crippen LogP contribution is -2.47. The van der Waals surface area contributed by atoms with Gasteiger partial charge in [-0.05, 0) is 24.3 Å². The molecule has 0 aliphatic carbocycles. The van der Waals surface area contributed by atoms with Crippen LogP contribution in [0.4, 0.5) is 17.5 Å². The summed E-state index contributed by atoms with van der Waals surface area (Å²) in [6, 6.07) is 11.0. The van der Waals surface area contributed by atoms with E-state index >= 15 is 0 Å². The molecule has 1 unspecified atom stereocenters. The average Bonchev–Trinajstić information content (AvgIpc) is 3.00. The number of ether oxygens (including phenoxy) is 1. The van der Waals surface area contributed by atoms with Gasteiger partial charge in [-0.3, -0.25) is 10.0 Å². The number of hydroxylamine groups is 1. The Morgan fingerprint density at radius 2 is 1.87 bits per heavy atom. The standard InChI is InChI=1S/C26H24N8O4S/c1-3-17-5-4-6-19(11-17)31-24-20-12-23(22(38-2)13-21(20)29-16-30-24)39(37)34-9-7-33(8-10-34)26-27-14-18(15-28-26)25(35)32-36/h1,4-6,11-16,36H,7-10H2,2H3,(H,32,35)(H,29,30,31). The molecule has 1 atom stereocenters. The summed E-state index contributed by atoms with van der Waals surface area (Å²) < 4.78 is 21.2. The van der Waals surface area contributed by atoms with E-state index in [-0.39, 0.29) is 5.56 Å². The molecule has 4 aromatic rings. The second-order valence-corrected chi connectivity index (χ2v) is 9.93. The van der Waals surface area contributed by atoms with E-state index in [4.69, 9.17) is 16.4 Å². The number of hydrogen-bond donors (Lipinski definition) is 3. The summed E-state index contributed by atoms with van der Waals surface area (Å²) in [5, 5.41) is 12.7. The number of rotatable bonds is 7. The molecule has 39 heavy (non-hydrogen) atoms. The highest BCUT2D eigenvalue weighted by atomic mass is 32.2. The number of hydrogen-bond acceptors (Lipinski definition) is 10. The second kappa shape index (κ2) is 11.4. The van der Waals surface area contributed by atoms with Gasteiger partial charge in [-0.2, -0.15) is 0 Å². The highest BCUT2D eigenvalue weighted by Gasteiger charge is 2.26. The van der Waals surface area contributed by atoms with Gasteiger partial charge < -0.3 is 15.0 Å². The molecular weight excluding hydrogens is 520 g/mol. The Morgan fingerprint density at radius 1 is 1.10 bits per heavy atom. The van der Waals surface area contributed by atoms with Gasteiger partial charge in [0.15, 0.2) is 0 Å². The van der Waals surface area contributed by atoms with Crippen molar-refractivity contribution in [2.75, 3.05) is 43.5 Å². The van der Waals surface area contributed by atoms with Gasteiger partial charge in [0.1, 0.15) is 28.9 Å². The normalized spacial score (nSPS) is 14.4. The van der Waals surface area contributed by atoms with Crippen LogP contribution in [0, 0.1) is 12.3 Å². The zero-order valence-electron chi connectivity index (χ0n) is 20.9. The van der Waals surface area contributed by atoms with Crippen LogP contribution in [-0.4, -0.2) is 72.9 Å². The minimum absolute atomic E-state index is 0.144. The number of aromatic nitrogens is 4. The lowest BCUT2D eigenvalue weighted by atomic mass is 10.2. The van der Waals surface area contributed by atoms with Crippen LogP contribution >= 0.6 is 0 Å². The van der Waals surface area contributed by atoms with Crippen molar-refractivity contribution in [2.24, 2.45) is 0 Å². The minimum Gasteiger partial charge on any atom is -0.495 e. The maximum atomic E-state index is 13.7. The van der Waals surface area contributed by atoms with Crippen molar-refractivity contribution in [1.29, 1.82) is 0 Å². The zero-order chi connectivity index (χ0) is 27.4. The highest BCUT2D eigenvalue weighted by molar-refractivity contribution is 7.82. The maximum absolute atomic E-state index is 13.7. The van der Waals surface area contributed by atoms with Crippen LogP contribution in [0.15, 0.2) is 60.0 Å². The number of amides is 1. The molecule has 0 bridgehead atoms. The first-order chi connectivity index (χ1) is 19.0. The lowest BCUT2D eigenvalue weighted by Gasteiger charge is -2.33. The van der Waals surface area contributed by atoms with Crippen LogP contribution in [-0.2, 0) is 11.0 Å². The number of carbonyl (C=O) groups is 1. The molecule has 3 N–H and O–H groups in total. The molecular formula is C26H24N8O4S. The first-order valence-electron chi connectivity index (χ1n) is 11.9. The Bertz CT molecular complexity index is 1580. The molecule has 0 radical (unpaired) electrons. The zero-order valence-corrected chi connectivity index (χ0v) is 21.7. The third-order valence-electron chi connectivity index (χ3n) is 6.16. The molecule has 1 amide bonds. The van der Waals surface area contributed by atoms with Crippen molar-refractivity contribution >= 4 is 45.2 Å². The summed E-state index contributed by atoms with van der Waals surface area (Å²) in [5.74, 6) is 3.39. The van der Waals surface area contributed by atoms with Crippen LogP contribution in [0.2, 0.25) is 0 Å². The number of carbonyl (C=O) groups excluding carboxylic acids is 1. The maximum Gasteiger partial charge on any atom is 0.277 e. The molecule has 3 heterocycles. The molecule has 2 aromatic carbocycles. The number of nitrogens with zero attached hydrogens (tertiary/aromatic N) is 6. The molecule has 13 heteroatoms. The van der Waals surface area contributed by atoms with E-state index in [9.17, 15) is 9.00 Å². The summed E-state index contributed by atoms with van der Waals surface area (Å²) in [5.41, 5.74) is 3.84. The molecule has 1 fully saturated rings. The number of terminal acetylenes is 1. The number of nitrogens with one attached hydrogen (secondary N) is 2. The van der Waals surface area contributed by atoms with Crippen LogP contribution in [0.1, 0.15) is 15.9 Å². The molecule has 198 valence electrons. The van der Waals surface area contributed by atoms with Crippen molar-refractivity contribution in [3.05, 3.63) is 66.2 Å².